The summed E-state index contributed by atoms with van der Waals surface area (Å²) in [5.41, 5.74) is -1.53. The Balaban J connectivity index is 2.43. The summed E-state index contributed by atoms with van der Waals surface area (Å²) in [6.45, 7) is 1.68. The summed E-state index contributed by atoms with van der Waals surface area (Å²) < 4.78 is 34.0. The maximum Gasteiger partial charge on any atom is 0.343 e. The van der Waals surface area contributed by atoms with Crippen LogP contribution in [-0.4, -0.2) is 17.1 Å². The topological polar surface area (TPSA) is 72.1 Å². The summed E-state index contributed by atoms with van der Waals surface area (Å²) in [6.07, 6.45) is 2.81. The third-order valence-electron chi connectivity index (χ3n) is 3.76. The first-order valence-corrected chi connectivity index (χ1v) is 7.13. The molecule has 1 heterocycles. The Labute approximate surface area is 129 Å². The Morgan fingerprint density at radius 3 is 2.74 bits per heavy atom. The summed E-state index contributed by atoms with van der Waals surface area (Å²) in [5, 5.41) is 8.96. The van der Waals surface area contributed by atoms with Crippen LogP contribution in [0.2, 0.25) is 0 Å². The molecule has 0 saturated heterocycles. The molecule has 118 valence electrons. The molecule has 0 amide bonds. The Kier molecular flexibility index (Phi) is 3.60. The number of aromatic nitrogens is 1. The smallest absolute Gasteiger partial charge is 0.343 e. The van der Waals surface area contributed by atoms with Crippen LogP contribution in [0.25, 0.3) is 10.9 Å². The molecule has 2 aromatic rings. The molecule has 5 nitrogen and oxygen atoms in total. The fraction of sp³-hybridized carbons (Fsp3) is 0.312. The van der Waals surface area contributed by atoms with Gasteiger partial charge >= 0.3 is 5.97 Å². The van der Waals surface area contributed by atoms with E-state index in [1.165, 1.54) is 10.8 Å². The van der Waals surface area contributed by atoms with Gasteiger partial charge < -0.3 is 9.30 Å². The minimum absolute atomic E-state index is 0.0203. The first-order valence-electron chi connectivity index (χ1n) is 7.13. The van der Waals surface area contributed by atoms with E-state index in [2.05, 4.69) is 0 Å². The van der Waals surface area contributed by atoms with E-state index in [1.54, 1.807) is 13.0 Å². The SMILES string of the molecule is CCOC(=O)c1cn(C2CC2)c2c(C#N)c(F)c(F)cc2c1=O. The van der Waals surface area contributed by atoms with Crippen LogP contribution in [0.4, 0.5) is 8.78 Å². The van der Waals surface area contributed by atoms with Gasteiger partial charge in [0, 0.05) is 12.2 Å². The zero-order chi connectivity index (χ0) is 16.7. The summed E-state index contributed by atoms with van der Waals surface area (Å²) in [5.74, 6) is -3.41. The van der Waals surface area contributed by atoms with Crippen molar-refractivity contribution in [2.75, 3.05) is 6.61 Å². The first kappa shape index (κ1) is 15.2. The minimum atomic E-state index is -1.30. The fourth-order valence-electron chi connectivity index (χ4n) is 2.56. The molecule has 7 heteroatoms. The van der Waals surface area contributed by atoms with Crippen LogP contribution in [0.1, 0.15) is 41.7 Å². The van der Waals surface area contributed by atoms with Crippen molar-refractivity contribution < 1.29 is 18.3 Å². The van der Waals surface area contributed by atoms with E-state index in [4.69, 9.17) is 10.00 Å². The number of carbonyl (C=O) groups excluding carboxylic acids is 1. The van der Waals surface area contributed by atoms with Crippen molar-refractivity contribution >= 4 is 16.9 Å². The van der Waals surface area contributed by atoms with Gasteiger partial charge in [-0.15, -0.1) is 0 Å². The fourth-order valence-corrected chi connectivity index (χ4v) is 2.56. The molecular formula is C16H12F2N2O3. The maximum absolute atomic E-state index is 13.9. The monoisotopic (exact) mass is 318 g/mol. The van der Waals surface area contributed by atoms with Gasteiger partial charge in [-0.05, 0) is 25.8 Å². The largest absolute Gasteiger partial charge is 0.462 e. The molecule has 0 N–H and O–H groups in total. The van der Waals surface area contributed by atoms with Gasteiger partial charge in [0.1, 0.15) is 17.2 Å². The summed E-state index contributed by atoms with van der Waals surface area (Å²) in [6, 6.07) is 2.29. The number of hydrogen-bond acceptors (Lipinski definition) is 4. The molecule has 23 heavy (non-hydrogen) atoms. The number of esters is 1. The van der Waals surface area contributed by atoms with Crippen LogP contribution in [-0.2, 0) is 4.74 Å². The standard InChI is InChI=1S/C16H12F2N2O3/c1-2-23-16(22)11-7-20(8-3-4-8)14-9(15(11)21)5-12(17)13(18)10(14)6-19/h5,7-8H,2-4H2,1H3. The van der Waals surface area contributed by atoms with Crippen molar-refractivity contribution in [2.24, 2.45) is 0 Å². The second-order valence-corrected chi connectivity index (χ2v) is 5.29. The van der Waals surface area contributed by atoms with Crippen LogP contribution in [0.3, 0.4) is 0 Å². The summed E-state index contributed by atoms with van der Waals surface area (Å²) in [7, 11) is 0. The van der Waals surface area contributed by atoms with Crippen LogP contribution in [0.15, 0.2) is 17.1 Å². The summed E-state index contributed by atoms with van der Waals surface area (Å²) in [4.78, 5) is 24.4. The van der Waals surface area contributed by atoms with E-state index < -0.39 is 28.6 Å². The van der Waals surface area contributed by atoms with Gasteiger partial charge in [-0.2, -0.15) is 5.26 Å². The molecule has 0 atom stereocenters. The molecular weight excluding hydrogens is 306 g/mol. The minimum Gasteiger partial charge on any atom is -0.462 e. The number of pyridine rings is 1. The lowest BCUT2D eigenvalue weighted by Crippen LogP contribution is -2.21. The Hall–Kier alpha value is -2.75. The summed E-state index contributed by atoms with van der Waals surface area (Å²) >= 11 is 0. The number of halogens is 2. The van der Waals surface area contributed by atoms with E-state index in [9.17, 15) is 18.4 Å². The zero-order valence-electron chi connectivity index (χ0n) is 12.2. The lowest BCUT2D eigenvalue weighted by Gasteiger charge is -2.14. The van der Waals surface area contributed by atoms with E-state index >= 15 is 0 Å². The third kappa shape index (κ3) is 2.36. The molecule has 3 rings (SSSR count). The van der Waals surface area contributed by atoms with E-state index in [-0.39, 0.29) is 29.1 Å². The highest BCUT2D eigenvalue weighted by atomic mass is 19.2. The van der Waals surface area contributed by atoms with E-state index in [0.29, 0.717) is 0 Å². The van der Waals surface area contributed by atoms with Crippen molar-refractivity contribution in [1.82, 2.24) is 4.57 Å². The lowest BCUT2D eigenvalue weighted by molar-refractivity contribution is 0.0524. The molecule has 1 aliphatic rings. The van der Waals surface area contributed by atoms with Gasteiger partial charge in [0.25, 0.3) is 0 Å². The zero-order valence-corrected chi connectivity index (χ0v) is 12.2. The highest BCUT2D eigenvalue weighted by Crippen LogP contribution is 2.38. The van der Waals surface area contributed by atoms with Crippen molar-refractivity contribution in [3.63, 3.8) is 0 Å². The number of carbonyl (C=O) groups is 1. The third-order valence-corrected chi connectivity index (χ3v) is 3.76. The molecule has 0 bridgehead atoms. The van der Waals surface area contributed by atoms with E-state index in [1.807, 2.05) is 0 Å². The molecule has 1 fully saturated rings. The van der Waals surface area contributed by atoms with Gasteiger partial charge in [-0.25, -0.2) is 13.6 Å². The lowest BCUT2D eigenvalue weighted by atomic mass is 10.1. The molecule has 1 aliphatic carbocycles. The molecule has 0 unspecified atom stereocenters. The molecule has 0 spiro atoms. The van der Waals surface area contributed by atoms with Gasteiger partial charge in [0.05, 0.1) is 17.5 Å². The predicted molar refractivity (Wildman–Crippen MR) is 77.1 cm³/mol. The highest BCUT2D eigenvalue weighted by Gasteiger charge is 2.30. The normalized spacial score (nSPS) is 13.8. The number of nitrogens with zero attached hydrogens (tertiary/aromatic N) is 2. The van der Waals surface area contributed by atoms with Crippen LogP contribution in [0.5, 0.6) is 0 Å². The van der Waals surface area contributed by atoms with Gasteiger partial charge in [-0.3, -0.25) is 4.79 Å². The predicted octanol–water partition coefficient (Wildman–Crippen LogP) is 2.66. The van der Waals surface area contributed by atoms with E-state index in [0.717, 1.165) is 18.9 Å². The maximum atomic E-state index is 13.9. The number of benzene rings is 1. The average Bonchev–Trinajstić information content (AvgIpc) is 3.35. The van der Waals surface area contributed by atoms with Crippen molar-refractivity contribution in [2.45, 2.75) is 25.8 Å². The van der Waals surface area contributed by atoms with Crippen LogP contribution in [0, 0.1) is 23.0 Å². The number of rotatable bonds is 3. The molecule has 1 saturated carbocycles. The van der Waals surface area contributed by atoms with Crippen molar-refractivity contribution in [1.29, 1.82) is 5.26 Å². The number of hydrogen-bond donors (Lipinski definition) is 0. The van der Waals surface area contributed by atoms with Crippen molar-refractivity contribution in [3.8, 4) is 6.07 Å². The number of ether oxygens (including phenoxy) is 1. The van der Waals surface area contributed by atoms with Gasteiger partial charge in [-0.1, -0.05) is 0 Å². The molecule has 0 radical (unpaired) electrons. The van der Waals surface area contributed by atoms with Crippen LogP contribution < -0.4 is 5.43 Å². The average molecular weight is 318 g/mol. The Bertz CT molecular complexity index is 924. The second kappa shape index (κ2) is 5.47. The molecule has 1 aromatic heterocycles. The molecule has 0 aliphatic heterocycles. The quantitative estimate of drug-likeness (QED) is 0.816. The second-order valence-electron chi connectivity index (χ2n) is 5.29. The van der Waals surface area contributed by atoms with Crippen molar-refractivity contribution in [3.05, 3.63) is 45.2 Å². The van der Waals surface area contributed by atoms with Crippen LogP contribution >= 0.6 is 0 Å². The van der Waals surface area contributed by atoms with Gasteiger partial charge in [0.2, 0.25) is 5.43 Å². The Morgan fingerprint density at radius 2 is 2.17 bits per heavy atom. The highest BCUT2D eigenvalue weighted by molar-refractivity contribution is 5.95. The molecule has 1 aromatic carbocycles. The number of fused-ring (bicyclic) bond motifs is 1. The Morgan fingerprint density at radius 1 is 1.48 bits per heavy atom. The van der Waals surface area contributed by atoms with Gasteiger partial charge in [0.15, 0.2) is 11.6 Å². The number of nitriles is 1. The first-order chi connectivity index (χ1) is 11.0.